The second-order valence-electron chi connectivity index (χ2n) is 7.05. The predicted molar refractivity (Wildman–Crippen MR) is 138 cm³/mol. The van der Waals surface area contributed by atoms with Gasteiger partial charge in [0.15, 0.2) is 16.6 Å². The van der Waals surface area contributed by atoms with Crippen molar-refractivity contribution in [3.05, 3.63) is 48.3 Å². The van der Waals surface area contributed by atoms with Gasteiger partial charge in [0, 0.05) is 16.8 Å². The summed E-state index contributed by atoms with van der Waals surface area (Å²) in [6.45, 7) is 6.85. The number of fused-ring (bicyclic) bond motifs is 1. The van der Waals surface area contributed by atoms with E-state index in [0.717, 1.165) is 21.2 Å². The minimum absolute atomic E-state index is 0.159. The van der Waals surface area contributed by atoms with Gasteiger partial charge in [-0.15, -0.1) is 10.2 Å². The summed E-state index contributed by atoms with van der Waals surface area (Å²) in [5.74, 6) is 0.942. The largest absolute Gasteiger partial charge is 0.490 e. The van der Waals surface area contributed by atoms with Crippen molar-refractivity contribution in [1.29, 1.82) is 0 Å². The first-order chi connectivity index (χ1) is 17.0. The van der Waals surface area contributed by atoms with Crippen LogP contribution in [0.1, 0.15) is 31.1 Å². The Morgan fingerprint density at radius 1 is 1.03 bits per heavy atom. The van der Waals surface area contributed by atoms with E-state index < -0.39 is 5.91 Å². The predicted octanol–water partition coefficient (Wildman–Crippen LogP) is 4.18. The normalized spacial score (nSPS) is 10.7. The van der Waals surface area contributed by atoms with Crippen LogP contribution >= 0.6 is 23.6 Å². The standard InChI is InChI=1S/C23H24N6O4S2/c1-4-31-17-11-15(12-18(32-5-2)19(17)33-6-3)20(30)26-22(34)25-16-9-7-14(8-10-16)21-28-29-13-24-27-23(29)35-21/h7-13H,4-6H2,1-3H3,(H2,25,26,30,34). The number of hydrogen-bond donors (Lipinski definition) is 2. The number of anilines is 1. The first-order valence-corrected chi connectivity index (χ1v) is 12.2. The molecule has 0 saturated carbocycles. The molecule has 0 aliphatic heterocycles. The number of amides is 1. The Hall–Kier alpha value is -3.77. The fourth-order valence-electron chi connectivity index (χ4n) is 3.23. The lowest BCUT2D eigenvalue weighted by atomic mass is 10.1. The quantitative estimate of drug-likeness (QED) is 0.319. The number of ether oxygens (including phenoxy) is 3. The Kier molecular flexibility index (Phi) is 7.73. The van der Waals surface area contributed by atoms with Gasteiger partial charge in [0.2, 0.25) is 10.7 Å². The Labute approximate surface area is 211 Å². The zero-order valence-corrected chi connectivity index (χ0v) is 21.0. The van der Waals surface area contributed by atoms with Gasteiger partial charge in [0.25, 0.3) is 5.91 Å². The molecule has 0 bridgehead atoms. The lowest BCUT2D eigenvalue weighted by molar-refractivity contribution is 0.0976. The van der Waals surface area contributed by atoms with E-state index in [1.54, 1.807) is 23.0 Å². The summed E-state index contributed by atoms with van der Waals surface area (Å²) < 4.78 is 18.7. The highest BCUT2D eigenvalue weighted by molar-refractivity contribution is 7.80. The van der Waals surface area contributed by atoms with E-state index in [2.05, 4.69) is 25.9 Å². The summed E-state index contributed by atoms with van der Waals surface area (Å²) in [5.41, 5.74) is 1.99. The Balaban J connectivity index is 1.44. The number of hydrogen-bond acceptors (Lipinski definition) is 9. The van der Waals surface area contributed by atoms with Gasteiger partial charge in [-0.25, -0.2) is 0 Å². The van der Waals surface area contributed by atoms with E-state index in [4.69, 9.17) is 26.4 Å². The number of rotatable bonds is 9. The van der Waals surface area contributed by atoms with Crippen LogP contribution in [-0.4, -0.2) is 50.7 Å². The number of carbonyl (C=O) groups excluding carboxylic acids is 1. The molecule has 0 atom stereocenters. The maximum absolute atomic E-state index is 12.9. The van der Waals surface area contributed by atoms with Crippen LogP contribution in [0.4, 0.5) is 5.69 Å². The number of benzene rings is 2. The lowest BCUT2D eigenvalue weighted by Gasteiger charge is -2.17. The number of nitrogens with one attached hydrogen (secondary N) is 2. The van der Waals surface area contributed by atoms with Crippen LogP contribution in [0, 0.1) is 0 Å². The highest BCUT2D eigenvalue weighted by Crippen LogP contribution is 2.39. The van der Waals surface area contributed by atoms with Crippen molar-refractivity contribution in [2.45, 2.75) is 20.8 Å². The van der Waals surface area contributed by atoms with Crippen molar-refractivity contribution >= 4 is 45.2 Å². The molecule has 0 spiro atoms. The maximum Gasteiger partial charge on any atom is 0.257 e. The molecule has 0 unspecified atom stereocenters. The van der Waals surface area contributed by atoms with Gasteiger partial charge in [-0.05, 0) is 69.4 Å². The monoisotopic (exact) mass is 512 g/mol. The van der Waals surface area contributed by atoms with Gasteiger partial charge in [-0.1, -0.05) is 11.3 Å². The van der Waals surface area contributed by atoms with Gasteiger partial charge in [0.1, 0.15) is 11.3 Å². The molecule has 2 N–H and O–H groups in total. The van der Waals surface area contributed by atoms with E-state index in [9.17, 15) is 4.79 Å². The molecule has 2 aromatic heterocycles. The molecule has 4 aromatic rings. The third kappa shape index (κ3) is 5.66. The topological polar surface area (TPSA) is 112 Å². The summed E-state index contributed by atoms with van der Waals surface area (Å²) in [5, 5.41) is 18.9. The Bertz CT molecular complexity index is 1280. The second kappa shape index (κ2) is 11.1. The van der Waals surface area contributed by atoms with Crippen LogP contribution in [0.15, 0.2) is 42.7 Å². The van der Waals surface area contributed by atoms with Crippen molar-refractivity contribution in [2.24, 2.45) is 0 Å². The minimum Gasteiger partial charge on any atom is -0.490 e. The molecule has 1 amide bonds. The average Bonchev–Trinajstić information content (AvgIpc) is 3.44. The first kappa shape index (κ1) is 24.4. The van der Waals surface area contributed by atoms with E-state index in [1.807, 2.05) is 45.0 Å². The minimum atomic E-state index is -0.399. The smallest absolute Gasteiger partial charge is 0.257 e. The molecule has 0 saturated heterocycles. The van der Waals surface area contributed by atoms with Crippen LogP contribution in [0.25, 0.3) is 15.5 Å². The highest BCUT2D eigenvalue weighted by Gasteiger charge is 2.19. The molecule has 0 aliphatic carbocycles. The summed E-state index contributed by atoms with van der Waals surface area (Å²) in [6.07, 6.45) is 1.56. The molecule has 12 heteroatoms. The van der Waals surface area contributed by atoms with Crippen molar-refractivity contribution in [3.8, 4) is 27.8 Å². The van der Waals surface area contributed by atoms with E-state index in [-0.39, 0.29) is 5.11 Å². The van der Waals surface area contributed by atoms with Crippen LogP contribution in [0.2, 0.25) is 0 Å². The van der Waals surface area contributed by atoms with Crippen LogP contribution in [0.3, 0.4) is 0 Å². The average molecular weight is 513 g/mol. The number of thiocarbonyl (C=S) groups is 1. The van der Waals surface area contributed by atoms with Crippen molar-refractivity contribution in [2.75, 3.05) is 25.1 Å². The van der Waals surface area contributed by atoms with E-state index in [0.29, 0.717) is 42.6 Å². The fraction of sp³-hybridized carbons (Fsp3) is 0.261. The number of aromatic nitrogens is 4. The van der Waals surface area contributed by atoms with Crippen molar-refractivity contribution in [1.82, 2.24) is 25.1 Å². The molecule has 2 aromatic carbocycles. The van der Waals surface area contributed by atoms with E-state index >= 15 is 0 Å². The highest BCUT2D eigenvalue weighted by atomic mass is 32.1. The molecule has 0 radical (unpaired) electrons. The molecule has 35 heavy (non-hydrogen) atoms. The summed E-state index contributed by atoms with van der Waals surface area (Å²) >= 11 is 6.79. The summed E-state index contributed by atoms with van der Waals surface area (Å²) in [6, 6.07) is 10.8. The fourth-order valence-corrected chi connectivity index (χ4v) is 4.27. The van der Waals surface area contributed by atoms with E-state index in [1.165, 1.54) is 11.3 Å². The zero-order chi connectivity index (χ0) is 24.8. The summed E-state index contributed by atoms with van der Waals surface area (Å²) in [4.78, 5) is 13.6. The Morgan fingerprint density at radius 3 is 2.29 bits per heavy atom. The third-order valence-corrected chi connectivity index (χ3v) is 5.84. The Morgan fingerprint density at radius 2 is 1.69 bits per heavy atom. The first-order valence-electron chi connectivity index (χ1n) is 11.0. The van der Waals surface area contributed by atoms with Crippen LogP contribution < -0.4 is 24.8 Å². The molecule has 4 rings (SSSR count). The molecule has 2 heterocycles. The van der Waals surface area contributed by atoms with Crippen molar-refractivity contribution < 1.29 is 19.0 Å². The zero-order valence-electron chi connectivity index (χ0n) is 19.4. The number of carbonyl (C=O) groups is 1. The molecule has 182 valence electrons. The van der Waals surface area contributed by atoms with Gasteiger partial charge in [-0.3, -0.25) is 10.1 Å². The van der Waals surface area contributed by atoms with Gasteiger partial charge in [0.05, 0.1) is 19.8 Å². The second-order valence-corrected chi connectivity index (χ2v) is 8.42. The van der Waals surface area contributed by atoms with Gasteiger partial charge < -0.3 is 19.5 Å². The van der Waals surface area contributed by atoms with Crippen LogP contribution in [-0.2, 0) is 0 Å². The SMILES string of the molecule is CCOc1cc(C(=O)NC(=S)Nc2ccc(-c3nn4cnnc4s3)cc2)cc(OCC)c1OCC. The molecule has 0 fully saturated rings. The van der Waals surface area contributed by atoms with Gasteiger partial charge >= 0.3 is 0 Å². The maximum atomic E-state index is 12.9. The summed E-state index contributed by atoms with van der Waals surface area (Å²) in [7, 11) is 0. The third-order valence-electron chi connectivity index (χ3n) is 4.67. The molecular formula is C23H24N6O4S2. The number of nitrogens with zero attached hydrogens (tertiary/aromatic N) is 4. The van der Waals surface area contributed by atoms with Crippen LogP contribution in [0.5, 0.6) is 17.2 Å². The molecule has 10 nitrogen and oxygen atoms in total. The molecule has 0 aliphatic rings. The lowest BCUT2D eigenvalue weighted by Crippen LogP contribution is -2.34. The van der Waals surface area contributed by atoms with Crippen molar-refractivity contribution in [3.63, 3.8) is 0 Å². The molecular weight excluding hydrogens is 488 g/mol. The van der Waals surface area contributed by atoms with Gasteiger partial charge in [-0.2, -0.15) is 9.61 Å².